The summed E-state index contributed by atoms with van der Waals surface area (Å²) in [5.74, 6) is 0.202. The van der Waals surface area contributed by atoms with Gasteiger partial charge in [0.05, 0.1) is 17.9 Å². The highest BCUT2D eigenvalue weighted by molar-refractivity contribution is 9.10. The first-order chi connectivity index (χ1) is 5.27. The molecule has 2 aromatic heterocycles. The molecular formula is C7H5BrN2O. The highest BCUT2D eigenvalue weighted by Crippen LogP contribution is 2.21. The highest BCUT2D eigenvalue weighted by Gasteiger charge is 1.99. The quantitative estimate of drug-likeness (QED) is 0.724. The molecule has 0 aromatic carbocycles. The van der Waals surface area contributed by atoms with Crippen molar-refractivity contribution in [1.82, 2.24) is 9.61 Å². The molecule has 2 heterocycles. The summed E-state index contributed by atoms with van der Waals surface area (Å²) in [6, 6.07) is 3.50. The lowest BCUT2D eigenvalue weighted by Gasteiger charge is -1.96. The molecule has 0 atom stereocenters. The molecule has 0 unspecified atom stereocenters. The summed E-state index contributed by atoms with van der Waals surface area (Å²) in [6.45, 7) is 0. The first-order valence-corrected chi connectivity index (χ1v) is 3.88. The topological polar surface area (TPSA) is 37.5 Å². The molecule has 0 saturated heterocycles. The number of nitrogens with zero attached hydrogens (tertiary/aromatic N) is 2. The molecule has 2 rings (SSSR count). The average Bonchev–Trinajstić information content (AvgIpc) is 2.34. The molecule has 0 bridgehead atoms. The summed E-state index contributed by atoms with van der Waals surface area (Å²) < 4.78 is 2.45. The highest BCUT2D eigenvalue weighted by atomic mass is 79.9. The van der Waals surface area contributed by atoms with Gasteiger partial charge in [-0.05, 0) is 28.1 Å². The van der Waals surface area contributed by atoms with Crippen LogP contribution in [0.15, 0.2) is 29.0 Å². The van der Waals surface area contributed by atoms with Crippen molar-refractivity contribution in [2.45, 2.75) is 0 Å². The largest absolute Gasteiger partial charge is 0.506 e. The number of hydrogen-bond donors (Lipinski definition) is 1. The minimum Gasteiger partial charge on any atom is -0.506 e. The van der Waals surface area contributed by atoms with Gasteiger partial charge in [-0.3, -0.25) is 0 Å². The Kier molecular flexibility index (Phi) is 1.35. The average molecular weight is 213 g/mol. The Balaban J connectivity index is 2.91. The first kappa shape index (κ1) is 6.67. The zero-order valence-corrected chi connectivity index (χ0v) is 7.12. The van der Waals surface area contributed by atoms with Gasteiger partial charge in [0, 0.05) is 4.47 Å². The Morgan fingerprint density at radius 3 is 3.18 bits per heavy atom. The second kappa shape index (κ2) is 2.23. The van der Waals surface area contributed by atoms with Crippen LogP contribution in [-0.4, -0.2) is 14.7 Å². The summed E-state index contributed by atoms with van der Waals surface area (Å²) >= 11 is 3.31. The van der Waals surface area contributed by atoms with Crippen molar-refractivity contribution in [1.29, 1.82) is 0 Å². The lowest BCUT2D eigenvalue weighted by molar-refractivity contribution is 0.470. The van der Waals surface area contributed by atoms with E-state index in [1.54, 1.807) is 23.0 Å². The van der Waals surface area contributed by atoms with Crippen molar-refractivity contribution in [2.24, 2.45) is 0 Å². The van der Waals surface area contributed by atoms with E-state index in [0.717, 1.165) is 9.99 Å². The van der Waals surface area contributed by atoms with Gasteiger partial charge in [-0.2, -0.15) is 5.10 Å². The Bertz CT molecular complexity index is 396. The molecule has 2 aromatic rings. The summed E-state index contributed by atoms with van der Waals surface area (Å²) in [5.41, 5.74) is 0.947. The van der Waals surface area contributed by atoms with Gasteiger partial charge < -0.3 is 5.11 Å². The van der Waals surface area contributed by atoms with Crippen LogP contribution in [0.1, 0.15) is 0 Å². The molecule has 0 aliphatic rings. The number of halogens is 1. The fraction of sp³-hybridized carbons (Fsp3) is 0. The molecule has 0 amide bonds. The third-order valence-corrected chi connectivity index (χ3v) is 2.08. The summed E-state index contributed by atoms with van der Waals surface area (Å²) in [6.07, 6.45) is 3.24. The van der Waals surface area contributed by atoms with Gasteiger partial charge in [-0.15, -0.1) is 0 Å². The maximum atomic E-state index is 9.14. The van der Waals surface area contributed by atoms with Crippen LogP contribution in [0.4, 0.5) is 0 Å². The first-order valence-electron chi connectivity index (χ1n) is 3.09. The second-order valence-corrected chi connectivity index (χ2v) is 3.06. The van der Waals surface area contributed by atoms with Gasteiger partial charge in [0.1, 0.15) is 5.75 Å². The van der Waals surface area contributed by atoms with E-state index in [2.05, 4.69) is 21.0 Å². The molecule has 0 radical (unpaired) electrons. The molecule has 4 heteroatoms. The number of pyridine rings is 1. The van der Waals surface area contributed by atoms with E-state index in [1.807, 2.05) is 6.07 Å². The molecule has 0 aliphatic heterocycles. The van der Waals surface area contributed by atoms with Gasteiger partial charge >= 0.3 is 0 Å². The molecule has 3 nitrogen and oxygen atoms in total. The molecule has 11 heavy (non-hydrogen) atoms. The SMILES string of the molecule is Oc1cc(Br)c2ccnn2c1. The summed E-state index contributed by atoms with van der Waals surface area (Å²) in [4.78, 5) is 0. The smallest absolute Gasteiger partial charge is 0.135 e. The van der Waals surface area contributed by atoms with Crippen molar-refractivity contribution in [3.05, 3.63) is 29.0 Å². The van der Waals surface area contributed by atoms with E-state index < -0.39 is 0 Å². The van der Waals surface area contributed by atoms with Gasteiger partial charge in [0.15, 0.2) is 0 Å². The third kappa shape index (κ3) is 0.991. The van der Waals surface area contributed by atoms with Crippen LogP contribution in [0.25, 0.3) is 5.52 Å². The fourth-order valence-electron chi connectivity index (χ4n) is 0.973. The lowest BCUT2D eigenvalue weighted by Crippen LogP contribution is -1.85. The second-order valence-electron chi connectivity index (χ2n) is 2.21. The van der Waals surface area contributed by atoms with E-state index in [-0.39, 0.29) is 5.75 Å². The van der Waals surface area contributed by atoms with Crippen molar-refractivity contribution >= 4 is 21.4 Å². The van der Waals surface area contributed by atoms with Crippen LogP contribution in [0.5, 0.6) is 5.75 Å². The molecule has 1 N–H and O–H groups in total. The number of aromatic nitrogens is 2. The minimum atomic E-state index is 0.202. The zero-order chi connectivity index (χ0) is 7.84. The normalized spacial score (nSPS) is 10.6. The van der Waals surface area contributed by atoms with Gasteiger partial charge in [-0.1, -0.05) is 0 Å². The van der Waals surface area contributed by atoms with Crippen LogP contribution in [0.3, 0.4) is 0 Å². The van der Waals surface area contributed by atoms with Gasteiger partial charge in [0.25, 0.3) is 0 Å². The van der Waals surface area contributed by atoms with Crippen molar-refractivity contribution in [3.63, 3.8) is 0 Å². The molecular weight excluding hydrogens is 208 g/mol. The zero-order valence-electron chi connectivity index (χ0n) is 5.53. The van der Waals surface area contributed by atoms with Crippen LogP contribution in [-0.2, 0) is 0 Å². The standard InChI is InChI=1S/C7H5BrN2O/c8-6-3-5(11)4-10-7(6)1-2-9-10/h1-4,11H. The number of rotatable bonds is 0. The maximum absolute atomic E-state index is 9.14. The summed E-state index contributed by atoms with van der Waals surface area (Å²) in [7, 11) is 0. The van der Waals surface area contributed by atoms with Gasteiger partial charge in [-0.25, -0.2) is 4.52 Å². The van der Waals surface area contributed by atoms with Crippen LogP contribution < -0.4 is 0 Å². The third-order valence-electron chi connectivity index (χ3n) is 1.44. The predicted octanol–water partition coefficient (Wildman–Crippen LogP) is 1.80. The van der Waals surface area contributed by atoms with E-state index >= 15 is 0 Å². The van der Waals surface area contributed by atoms with Crippen molar-refractivity contribution < 1.29 is 5.11 Å². The van der Waals surface area contributed by atoms with E-state index in [0.29, 0.717) is 0 Å². The predicted molar refractivity (Wildman–Crippen MR) is 44.6 cm³/mol. The number of aromatic hydroxyl groups is 1. The van der Waals surface area contributed by atoms with Crippen LogP contribution in [0.2, 0.25) is 0 Å². The summed E-state index contributed by atoms with van der Waals surface area (Å²) in [5, 5.41) is 13.1. The van der Waals surface area contributed by atoms with Gasteiger partial charge in [0.2, 0.25) is 0 Å². The fourth-order valence-corrected chi connectivity index (χ4v) is 1.52. The molecule has 0 fully saturated rings. The Hall–Kier alpha value is -1.03. The molecule has 0 aliphatic carbocycles. The van der Waals surface area contributed by atoms with E-state index in [4.69, 9.17) is 5.11 Å². The van der Waals surface area contributed by atoms with Crippen LogP contribution >= 0.6 is 15.9 Å². The minimum absolute atomic E-state index is 0.202. The number of hydrogen-bond acceptors (Lipinski definition) is 2. The molecule has 0 spiro atoms. The Labute approximate surface area is 71.4 Å². The monoisotopic (exact) mass is 212 g/mol. The number of fused-ring (bicyclic) bond motifs is 1. The van der Waals surface area contributed by atoms with E-state index in [9.17, 15) is 0 Å². The van der Waals surface area contributed by atoms with Crippen molar-refractivity contribution in [3.8, 4) is 5.75 Å². The molecule has 0 saturated carbocycles. The van der Waals surface area contributed by atoms with E-state index in [1.165, 1.54) is 0 Å². The molecule has 56 valence electrons. The lowest BCUT2D eigenvalue weighted by atomic mass is 10.4. The Morgan fingerprint density at radius 1 is 1.55 bits per heavy atom. The van der Waals surface area contributed by atoms with Crippen LogP contribution in [0, 0.1) is 0 Å². The maximum Gasteiger partial charge on any atom is 0.135 e. The van der Waals surface area contributed by atoms with Crippen molar-refractivity contribution in [2.75, 3.05) is 0 Å². The Morgan fingerprint density at radius 2 is 2.36 bits per heavy atom.